The number of likely N-dealkylation sites (tertiary alicyclic amines) is 1. The zero-order valence-corrected chi connectivity index (χ0v) is 19.3. The second kappa shape index (κ2) is 9.19. The van der Waals surface area contributed by atoms with Crippen molar-refractivity contribution in [2.45, 2.75) is 45.3 Å². The molecule has 2 aromatic heterocycles. The summed E-state index contributed by atoms with van der Waals surface area (Å²) in [7, 11) is 0. The van der Waals surface area contributed by atoms with Gasteiger partial charge in [-0.05, 0) is 38.8 Å². The van der Waals surface area contributed by atoms with Crippen LogP contribution < -0.4 is 9.47 Å². The van der Waals surface area contributed by atoms with Crippen molar-refractivity contribution in [3.63, 3.8) is 0 Å². The normalized spacial score (nSPS) is 25.2. The van der Waals surface area contributed by atoms with Crippen molar-refractivity contribution in [2.75, 3.05) is 26.3 Å². The van der Waals surface area contributed by atoms with Crippen LogP contribution in [0.2, 0.25) is 0 Å². The van der Waals surface area contributed by atoms with Crippen molar-refractivity contribution >= 4 is 11.0 Å². The molecule has 0 spiro atoms. The minimum atomic E-state index is -1.01. The van der Waals surface area contributed by atoms with E-state index in [4.69, 9.17) is 14.5 Å². The lowest BCUT2D eigenvalue weighted by molar-refractivity contribution is -0.150. The molecular formula is C25H31N5O3. The summed E-state index contributed by atoms with van der Waals surface area (Å²) in [6, 6.07) is 8.22. The number of hydrogen-bond donors (Lipinski definition) is 1. The van der Waals surface area contributed by atoms with Crippen LogP contribution in [0.5, 0.6) is 11.9 Å². The molecule has 2 bridgehead atoms. The minimum Gasteiger partial charge on any atom is -0.478 e. The fourth-order valence-electron chi connectivity index (χ4n) is 5.48. The van der Waals surface area contributed by atoms with E-state index in [9.17, 15) is 5.11 Å². The average molecular weight is 450 g/mol. The van der Waals surface area contributed by atoms with Crippen LogP contribution in [0.25, 0.3) is 11.0 Å². The summed E-state index contributed by atoms with van der Waals surface area (Å²) in [6.07, 6.45) is 6.59. The molecule has 0 radical (unpaired) electrons. The highest BCUT2D eigenvalue weighted by Crippen LogP contribution is 2.51. The zero-order chi connectivity index (χ0) is 22.8. The first-order valence-corrected chi connectivity index (χ1v) is 11.9. The zero-order valence-electron chi connectivity index (χ0n) is 19.3. The third kappa shape index (κ3) is 4.13. The Morgan fingerprint density at radius 2 is 1.70 bits per heavy atom. The molecule has 1 aliphatic carbocycles. The maximum Gasteiger partial charge on any atom is 0.319 e. The topological polar surface area (TPSA) is 93.5 Å². The van der Waals surface area contributed by atoms with Crippen LogP contribution in [0.15, 0.2) is 36.7 Å². The van der Waals surface area contributed by atoms with Gasteiger partial charge in [0.1, 0.15) is 5.60 Å². The van der Waals surface area contributed by atoms with E-state index in [2.05, 4.69) is 19.9 Å². The van der Waals surface area contributed by atoms with Gasteiger partial charge in [-0.3, -0.25) is 9.88 Å². The predicted octanol–water partition coefficient (Wildman–Crippen LogP) is 3.34. The van der Waals surface area contributed by atoms with Crippen LogP contribution in [0.3, 0.4) is 0 Å². The molecule has 1 aliphatic heterocycles. The third-order valence-electron chi connectivity index (χ3n) is 6.91. The van der Waals surface area contributed by atoms with E-state index in [1.165, 1.54) is 0 Å². The van der Waals surface area contributed by atoms with E-state index in [1.807, 2.05) is 44.3 Å². The molecule has 8 heteroatoms. The first-order chi connectivity index (χ1) is 16.1. The van der Waals surface area contributed by atoms with Crippen molar-refractivity contribution in [3.8, 4) is 11.9 Å². The minimum absolute atomic E-state index is 0.0687. The van der Waals surface area contributed by atoms with Gasteiger partial charge in [-0.2, -0.15) is 4.98 Å². The van der Waals surface area contributed by atoms with Crippen molar-refractivity contribution < 1.29 is 14.6 Å². The van der Waals surface area contributed by atoms with Crippen LogP contribution in [-0.4, -0.2) is 56.2 Å². The Labute approximate surface area is 194 Å². The molecule has 1 saturated carbocycles. The van der Waals surface area contributed by atoms with E-state index in [0.717, 1.165) is 55.6 Å². The van der Waals surface area contributed by atoms with Crippen molar-refractivity contribution in [3.05, 3.63) is 47.9 Å². The second-order valence-corrected chi connectivity index (χ2v) is 8.93. The Balaban J connectivity index is 1.41. The lowest BCUT2D eigenvalue weighted by Crippen LogP contribution is -2.58. The van der Waals surface area contributed by atoms with E-state index in [1.54, 1.807) is 6.20 Å². The number of rotatable bonds is 7. The summed E-state index contributed by atoms with van der Waals surface area (Å²) in [6.45, 7) is 7.04. The van der Waals surface area contributed by atoms with Crippen LogP contribution in [0.1, 0.15) is 44.4 Å². The highest BCUT2D eigenvalue weighted by molar-refractivity contribution is 5.73. The molecule has 2 aliphatic rings. The van der Waals surface area contributed by atoms with E-state index in [0.29, 0.717) is 24.7 Å². The second-order valence-electron chi connectivity index (χ2n) is 8.93. The van der Waals surface area contributed by atoms with Crippen LogP contribution in [-0.2, 0) is 12.1 Å². The highest BCUT2D eigenvalue weighted by atomic mass is 16.5. The number of fused-ring (bicyclic) bond motifs is 3. The van der Waals surface area contributed by atoms with Gasteiger partial charge >= 0.3 is 6.01 Å². The Hall–Kier alpha value is -2.84. The van der Waals surface area contributed by atoms with Crippen molar-refractivity contribution in [2.24, 2.45) is 11.8 Å². The molecule has 1 unspecified atom stereocenters. The smallest absolute Gasteiger partial charge is 0.319 e. The van der Waals surface area contributed by atoms with Gasteiger partial charge in [-0.25, -0.2) is 9.97 Å². The lowest BCUT2D eigenvalue weighted by Gasteiger charge is -2.53. The van der Waals surface area contributed by atoms with Crippen molar-refractivity contribution in [1.29, 1.82) is 0 Å². The maximum absolute atomic E-state index is 12.1. The van der Waals surface area contributed by atoms with Gasteiger partial charge in [0.25, 0.3) is 0 Å². The molecule has 3 heterocycles. The first kappa shape index (κ1) is 22.0. The Morgan fingerprint density at radius 3 is 2.42 bits per heavy atom. The number of para-hydroxylation sites is 2. The molecule has 5 rings (SSSR count). The maximum atomic E-state index is 12.1. The Morgan fingerprint density at radius 1 is 0.970 bits per heavy atom. The van der Waals surface area contributed by atoms with Gasteiger partial charge in [0.2, 0.25) is 5.88 Å². The average Bonchev–Trinajstić information content (AvgIpc) is 2.80. The van der Waals surface area contributed by atoms with Gasteiger partial charge in [-0.15, -0.1) is 0 Å². The fourth-order valence-corrected chi connectivity index (χ4v) is 5.48. The number of aromatic nitrogens is 4. The molecule has 3 aromatic rings. The largest absolute Gasteiger partial charge is 0.478 e. The summed E-state index contributed by atoms with van der Waals surface area (Å²) in [5.74, 6) is 0.572. The standard InChI is InChI=1S/C25H31N5O3/c1-3-32-23-20(13-27-24(29-23)33-4-2)25(31)17-8-7-9-18(25)15-30(14-17)16-19-12-26-21-10-5-6-11-22(21)28-19/h5-6,10-13,17-18,31H,3-4,7-9,14-16H2,1-2H3/t17-,18+,25?. The van der Waals surface area contributed by atoms with Crippen LogP contribution in [0, 0.1) is 11.8 Å². The van der Waals surface area contributed by atoms with Gasteiger partial charge < -0.3 is 14.6 Å². The molecule has 174 valence electrons. The van der Waals surface area contributed by atoms with Gasteiger partial charge in [0.15, 0.2) is 0 Å². The molecule has 2 fully saturated rings. The molecule has 8 nitrogen and oxygen atoms in total. The third-order valence-corrected chi connectivity index (χ3v) is 6.91. The Bertz CT molecular complexity index is 1110. The number of hydrogen-bond acceptors (Lipinski definition) is 8. The van der Waals surface area contributed by atoms with Gasteiger partial charge in [0, 0.05) is 37.7 Å². The monoisotopic (exact) mass is 449 g/mol. The number of ether oxygens (including phenoxy) is 2. The predicted molar refractivity (Wildman–Crippen MR) is 124 cm³/mol. The molecule has 1 N–H and O–H groups in total. The summed E-state index contributed by atoms with van der Waals surface area (Å²) in [4.78, 5) is 20.6. The molecule has 3 atom stereocenters. The van der Waals surface area contributed by atoms with Gasteiger partial charge in [0.05, 0.1) is 41.7 Å². The van der Waals surface area contributed by atoms with Gasteiger partial charge in [-0.1, -0.05) is 18.6 Å². The Kier molecular flexibility index (Phi) is 6.12. The highest BCUT2D eigenvalue weighted by Gasteiger charge is 2.53. The van der Waals surface area contributed by atoms with Crippen LogP contribution in [0.4, 0.5) is 0 Å². The summed E-state index contributed by atoms with van der Waals surface area (Å²) >= 11 is 0. The molecule has 1 aromatic carbocycles. The summed E-state index contributed by atoms with van der Waals surface area (Å²) < 4.78 is 11.3. The fraction of sp³-hybridized carbons (Fsp3) is 0.520. The number of piperidine rings is 1. The van der Waals surface area contributed by atoms with E-state index >= 15 is 0 Å². The lowest BCUT2D eigenvalue weighted by atomic mass is 9.63. The number of benzene rings is 1. The number of nitrogens with zero attached hydrogens (tertiary/aromatic N) is 5. The van der Waals surface area contributed by atoms with Crippen LogP contribution >= 0.6 is 0 Å². The van der Waals surface area contributed by atoms with E-state index < -0.39 is 5.60 Å². The summed E-state index contributed by atoms with van der Waals surface area (Å²) in [5.41, 5.74) is 2.45. The first-order valence-electron chi connectivity index (χ1n) is 11.9. The number of aliphatic hydroxyl groups is 1. The molecule has 0 amide bonds. The quantitative estimate of drug-likeness (QED) is 0.587. The molecule has 33 heavy (non-hydrogen) atoms. The van der Waals surface area contributed by atoms with E-state index in [-0.39, 0.29) is 17.8 Å². The summed E-state index contributed by atoms with van der Waals surface area (Å²) in [5, 5.41) is 12.1. The molecule has 1 saturated heterocycles. The van der Waals surface area contributed by atoms with Crippen molar-refractivity contribution in [1.82, 2.24) is 24.8 Å². The molecular weight excluding hydrogens is 418 g/mol. The SMILES string of the molecule is CCOc1ncc(C2(O)[C@@H]3CCC[C@H]2CN(Cc2cnc4ccccc4n2)C3)c(OCC)n1.